The van der Waals surface area contributed by atoms with Gasteiger partial charge >= 0.3 is 5.97 Å². The second kappa shape index (κ2) is 8.39. The van der Waals surface area contributed by atoms with Gasteiger partial charge < -0.3 is 14.8 Å². The standard InChI is InChI=1S/C17H20N2O6/c1-3-24-7-8-25-17(21)16-11(2)18-15(20)10-14(16)12-5-4-6-13(9-12)19(22)23/h4-6,9,14,16H,2-3,7-8,10H2,1H3,(H,18,20)/t14-,16+/m0/s1. The van der Waals surface area contributed by atoms with Gasteiger partial charge in [-0.2, -0.15) is 0 Å². The number of nitro benzene ring substituents is 1. The van der Waals surface area contributed by atoms with Crippen LogP contribution in [0.4, 0.5) is 5.69 Å². The number of non-ortho nitro benzene ring substituents is 1. The van der Waals surface area contributed by atoms with Crippen LogP contribution in [0.2, 0.25) is 0 Å². The van der Waals surface area contributed by atoms with Crippen molar-refractivity contribution in [3.05, 3.63) is 52.2 Å². The molecule has 0 aliphatic carbocycles. The van der Waals surface area contributed by atoms with Crippen LogP contribution in [0.5, 0.6) is 0 Å². The first-order chi connectivity index (χ1) is 11.9. The summed E-state index contributed by atoms with van der Waals surface area (Å²) in [7, 11) is 0. The maximum absolute atomic E-state index is 12.5. The molecule has 1 aliphatic rings. The number of esters is 1. The molecular formula is C17H20N2O6. The molecule has 2 atom stereocenters. The molecule has 0 spiro atoms. The molecule has 8 heteroatoms. The van der Waals surface area contributed by atoms with Gasteiger partial charge in [-0.05, 0) is 12.5 Å². The highest BCUT2D eigenvalue weighted by Gasteiger charge is 2.39. The van der Waals surface area contributed by atoms with Crippen LogP contribution >= 0.6 is 0 Å². The molecule has 1 heterocycles. The van der Waals surface area contributed by atoms with E-state index in [9.17, 15) is 19.7 Å². The van der Waals surface area contributed by atoms with Gasteiger partial charge in [-0.25, -0.2) is 0 Å². The minimum atomic E-state index is -0.804. The normalized spacial score (nSPS) is 20.0. The number of carbonyl (C=O) groups is 2. The molecule has 1 fully saturated rings. The van der Waals surface area contributed by atoms with Gasteiger partial charge in [0.2, 0.25) is 5.91 Å². The van der Waals surface area contributed by atoms with E-state index in [2.05, 4.69) is 11.9 Å². The molecule has 25 heavy (non-hydrogen) atoms. The first-order valence-electron chi connectivity index (χ1n) is 7.91. The zero-order valence-corrected chi connectivity index (χ0v) is 13.9. The van der Waals surface area contributed by atoms with Crippen molar-refractivity contribution in [2.45, 2.75) is 19.3 Å². The Morgan fingerprint density at radius 2 is 2.20 bits per heavy atom. The van der Waals surface area contributed by atoms with Crippen molar-refractivity contribution in [2.75, 3.05) is 19.8 Å². The fourth-order valence-corrected chi connectivity index (χ4v) is 2.79. The van der Waals surface area contributed by atoms with Crippen LogP contribution in [0.1, 0.15) is 24.8 Å². The van der Waals surface area contributed by atoms with Gasteiger partial charge in [0.1, 0.15) is 12.5 Å². The number of hydrogen-bond donors (Lipinski definition) is 1. The summed E-state index contributed by atoms with van der Waals surface area (Å²) in [6, 6.07) is 5.91. The molecule has 0 radical (unpaired) electrons. The Morgan fingerprint density at radius 1 is 1.44 bits per heavy atom. The highest BCUT2D eigenvalue weighted by atomic mass is 16.6. The Labute approximate surface area is 145 Å². The average molecular weight is 348 g/mol. The summed E-state index contributed by atoms with van der Waals surface area (Å²) >= 11 is 0. The molecule has 0 saturated carbocycles. The number of benzene rings is 1. The summed E-state index contributed by atoms with van der Waals surface area (Å²) in [5.74, 6) is -2.21. The topological polar surface area (TPSA) is 108 Å². The molecule has 1 aromatic rings. The number of piperidine rings is 1. The molecule has 1 N–H and O–H groups in total. The van der Waals surface area contributed by atoms with Crippen LogP contribution in [-0.2, 0) is 19.1 Å². The maximum atomic E-state index is 12.5. The van der Waals surface area contributed by atoms with Crippen LogP contribution in [-0.4, -0.2) is 36.6 Å². The van der Waals surface area contributed by atoms with Crippen LogP contribution in [0.25, 0.3) is 0 Å². The van der Waals surface area contributed by atoms with E-state index in [0.717, 1.165) is 0 Å². The van der Waals surface area contributed by atoms with Crippen LogP contribution in [0.15, 0.2) is 36.5 Å². The first-order valence-corrected chi connectivity index (χ1v) is 7.91. The summed E-state index contributed by atoms with van der Waals surface area (Å²) in [5.41, 5.74) is 0.656. The van der Waals surface area contributed by atoms with Crippen molar-refractivity contribution < 1.29 is 24.0 Å². The fraction of sp³-hybridized carbons (Fsp3) is 0.412. The average Bonchev–Trinajstić information content (AvgIpc) is 2.58. The Balaban J connectivity index is 2.23. The maximum Gasteiger partial charge on any atom is 0.315 e. The largest absolute Gasteiger partial charge is 0.463 e. The van der Waals surface area contributed by atoms with Gasteiger partial charge in [-0.1, -0.05) is 18.7 Å². The molecule has 0 unspecified atom stereocenters. The number of hydrogen-bond acceptors (Lipinski definition) is 6. The first kappa shape index (κ1) is 18.6. The van der Waals surface area contributed by atoms with Crippen LogP contribution in [0, 0.1) is 16.0 Å². The smallest absolute Gasteiger partial charge is 0.315 e. The lowest BCUT2D eigenvalue weighted by Gasteiger charge is -2.31. The van der Waals surface area contributed by atoms with Gasteiger partial charge in [0.05, 0.1) is 11.5 Å². The van der Waals surface area contributed by atoms with E-state index >= 15 is 0 Å². The van der Waals surface area contributed by atoms with Crippen molar-refractivity contribution in [3.63, 3.8) is 0 Å². The van der Waals surface area contributed by atoms with Crippen LogP contribution in [0.3, 0.4) is 0 Å². The molecule has 1 aromatic carbocycles. The van der Waals surface area contributed by atoms with Crippen LogP contribution < -0.4 is 5.32 Å². The van der Waals surface area contributed by atoms with Crippen molar-refractivity contribution in [3.8, 4) is 0 Å². The molecule has 1 saturated heterocycles. The van der Waals surface area contributed by atoms with E-state index in [4.69, 9.17) is 9.47 Å². The Bertz CT molecular complexity index is 687. The summed E-state index contributed by atoms with van der Waals surface area (Å²) in [6.45, 7) is 6.46. The second-order valence-electron chi connectivity index (χ2n) is 5.58. The van der Waals surface area contributed by atoms with Gasteiger partial charge in [0, 0.05) is 36.8 Å². The van der Waals surface area contributed by atoms with Gasteiger partial charge in [0.25, 0.3) is 5.69 Å². The van der Waals surface area contributed by atoms with E-state index < -0.39 is 22.7 Å². The number of ether oxygens (including phenoxy) is 2. The molecule has 1 amide bonds. The van der Waals surface area contributed by atoms with Crippen molar-refractivity contribution >= 4 is 17.6 Å². The summed E-state index contributed by atoms with van der Waals surface area (Å²) in [6.07, 6.45) is 0.0193. The number of nitro groups is 1. The number of nitrogens with zero attached hydrogens (tertiary/aromatic N) is 1. The highest BCUT2D eigenvalue weighted by molar-refractivity contribution is 5.86. The Hall–Kier alpha value is -2.74. The summed E-state index contributed by atoms with van der Waals surface area (Å²) in [4.78, 5) is 34.8. The van der Waals surface area contributed by atoms with E-state index in [1.54, 1.807) is 6.07 Å². The third-order valence-corrected chi connectivity index (χ3v) is 3.92. The number of carbonyl (C=O) groups excluding carboxylic acids is 2. The minimum absolute atomic E-state index is 0.0193. The van der Waals surface area contributed by atoms with Crippen molar-refractivity contribution in [1.29, 1.82) is 0 Å². The summed E-state index contributed by atoms with van der Waals surface area (Å²) < 4.78 is 10.3. The van der Waals surface area contributed by atoms with Crippen molar-refractivity contribution in [1.82, 2.24) is 5.32 Å². The molecule has 0 aromatic heterocycles. The fourth-order valence-electron chi connectivity index (χ4n) is 2.79. The molecular weight excluding hydrogens is 328 g/mol. The highest BCUT2D eigenvalue weighted by Crippen LogP contribution is 2.37. The quantitative estimate of drug-likeness (QED) is 0.349. The SMILES string of the molecule is C=C1NC(=O)C[C@@H](c2cccc([N+](=O)[O-])c2)[C@@H]1C(=O)OCCOCC. The molecule has 2 rings (SSSR count). The predicted octanol–water partition coefficient (Wildman–Crippen LogP) is 1.91. The minimum Gasteiger partial charge on any atom is -0.463 e. The van der Waals surface area contributed by atoms with Gasteiger partial charge in [-0.3, -0.25) is 19.7 Å². The molecule has 134 valence electrons. The van der Waals surface area contributed by atoms with E-state index in [1.807, 2.05) is 6.92 Å². The van der Waals surface area contributed by atoms with Gasteiger partial charge in [-0.15, -0.1) is 0 Å². The van der Waals surface area contributed by atoms with E-state index in [0.29, 0.717) is 12.2 Å². The zero-order chi connectivity index (χ0) is 18.4. The molecule has 8 nitrogen and oxygen atoms in total. The van der Waals surface area contributed by atoms with Crippen molar-refractivity contribution in [2.24, 2.45) is 5.92 Å². The predicted molar refractivity (Wildman–Crippen MR) is 88.7 cm³/mol. The number of nitrogens with one attached hydrogen (secondary N) is 1. The number of amides is 1. The monoisotopic (exact) mass is 348 g/mol. The zero-order valence-electron chi connectivity index (χ0n) is 13.9. The third-order valence-electron chi connectivity index (χ3n) is 3.92. The Kier molecular flexibility index (Phi) is 6.24. The van der Waals surface area contributed by atoms with E-state index in [-0.39, 0.29) is 36.9 Å². The summed E-state index contributed by atoms with van der Waals surface area (Å²) in [5, 5.41) is 13.5. The Morgan fingerprint density at radius 3 is 2.88 bits per heavy atom. The lowest BCUT2D eigenvalue weighted by atomic mass is 9.79. The lowest BCUT2D eigenvalue weighted by molar-refractivity contribution is -0.384. The third kappa shape index (κ3) is 4.63. The van der Waals surface area contributed by atoms with Gasteiger partial charge in [0.15, 0.2) is 0 Å². The van der Waals surface area contributed by atoms with E-state index in [1.165, 1.54) is 18.2 Å². The molecule has 1 aliphatic heterocycles. The lowest BCUT2D eigenvalue weighted by Crippen LogP contribution is -2.41. The second-order valence-corrected chi connectivity index (χ2v) is 5.58. The number of rotatable bonds is 7. The molecule has 0 bridgehead atoms.